The topological polar surface area (TPSA) is 117 Å². The van der Waals surface area contributed by atoms with Crippen LogP contribution < -0.4 is 14.8 Å². The molecule has 1 unspecified atom stereocenters. The van der Waals surface area contributed by atoms with Gasteiger partial charge in [-0.2, -0.15) is 0 Å². The SMILES string of the molecule is Cc1nc(NCC2COC(C)(C)O2)ccc1Oc1cc(OC2CCN(C(=O)OC(C)C)CC2)ncn1. The van der Waals surface area contributed by atoms with Gasteiger partial charge < -0.3 is 33.9 Å². The summed E-state index contributed by atoms with van der Waals surface area (Å²) in [7, 11) is 0. The number of nitrogens with one attached hydrogen (secondary N) is 1. The standard InChI is InChI=1S/C25H35N5O6/c1-16(2)33-24(31)30-10-8-18(9-11-30)34-22-12-23(28-15-27-22)35-20-6-7-21(29-17(20)3)26-13-19-14-32-25(4,5)36-19/h6-7,12,15-16,18-19H,8-11,13-14H2,1-5H3,(H,26,29). The van der Waals surface area contributed by atoms with Crippen molar-refractivity contribution in [2.45, 2.75) is 71.6 Å². The first-order chi connectivity index (χ1) is 17.2. The van der Waals surface area contributed by atoms with Crippen LogP contribution in [0.5, 0.6) is 17.5 Å². The summed E-state index contributed by atoms with van der Waals surface area (Å²) in [5.41, 5.74) is 0.714. The number of rotatable bonds is 8. The summed E-state index contributed by atoms with van der Waals surface area (Å²) in [5.74, 6) is 1.55. The quantitative estimate of drug-likeness (QED) is 0.570. The molecule has 0 bridgehead atoms. The lowest BCUT2D eigenvalue weighted by Crippen LogP contribution is -2.42. The zero-order valence-electron chi connectivity index (χ0n) is 21.5. The van der Waals surface area contributed by atoms with Gasteiger partial charge in [0, 0.05) is 32.5 Å². The number of nitrogens with zero attached hydrogens (tertiary/aromatic N) is 4. The Hall–Kier alpha value is -3.18. The molecular weight excluding hydrogens is 466 g/mol. The number of aromatic nitrogens is 3. The van der Waals surface area contributed by atoms with Crippen molar-refractivity contribution >= 4 is 11.9 Å². The van der Waals surface area contributed by atoms with Gasteiger partial charge in [0.25, 0.3) is 0 Å². The van der Waals surface area contributed by atoms with Gasteiger partial charge in [-0.1, -0.05) is 0 Å². The predicted molar refractivity (Wildman–Crippen MR) is 131 cm³/mol. The zero-order valence-corrected chi connectivity index (χ0v) is 21.5. The molecule has 2 aliphatic heterocycles. The lowest BCUT2D eigenvalue weighted by atomic mass is 10.1. The molecule has 2 saturated heterocycles. The van der Waals surface area contributed by atoms with Crippen LogP contribution in [0.25, 0.3) is 0 Å². The number of carbonyl (C=O) groups excluding carboxylic acids is 1. The maximum Gasteiger partial charge on any atom is 0.410 e. The van der Waals surface area contributed by atoms with E-state index in [1.165, 1.54) is 6.33 Å². The fraction of sp³-hybridized carbons (Fsp3) is 0.600. The van der Waals surface area contributed by atoms with Crippen LogP contribution in [0.2, 0.25) is 0 Å². The van der Waals surface area contributed by atoms with Crippen molar-refractivity contribution in [2.24, 2.45) is 0 Å². The maximum atomic E-state index is 12.1. The highest BCUT2D eigenvalue weighted by atomic mass is 16.7. The van der Waals surface area contributed by atoms with Gasteiger partial charge in [0.05, 0.1) is 24.5 Å². The van der Waals surface area contributed by atoms with Crippen molar-refractivity contribution in [3.8, 4) is 17.5 Å². The normalized spacial score (nSPS) is 19.8. The van der Waals surface area contributed by atoms with E-state index >= 15 is 0 Å². The van der Waals surface area contributed by atoms with Gasteiger partial charge in [0.1, 0.15) is 24.4 Å². The number of piperidine rings is 1. The lowest BCUT2D eigenvalue weighted by Gasteiger charge is -2.31. The van der Waals surface area contributed by atoms with E-state index in [1.807, 2.05) is 46.8 Å². The summed E-state index contributed by atoms with van der Waals surface area (Å²) in [6.07, 6.45) is 2.30. The molecule has 0 spiro atoms. The molecule has 2 aromatic rings. The van der Waals surface area contributed by atoms with Gasteiger partial charge in [-0.15, -0.1) is 0 Å². The number of amides is 1. The van der Waals surface area contributed by atoms with Crippen LogP contribution in [0, 0.1) is 6.92 Å². The molecule has 0 aromatic carbocycles. The van der Waals surface area contributed by atoms with Crippen LogP contribution in [0.1, 0.15) is 46.2 Å². The molecule has 4 heterocycles. The van der Waals surface area contributed by atoms with Crippen molar-refractivity contribution in [3.05, 3.63) is 30.2 Å². The molecule has 1 amide bonds. The summed E-state index contributed by atoms with van der Waals surface area (Å²) in [6.45, 7) is 11.7. The van der Waals surface area contributed by atoms with Gasteiger partial charge in [-0.05, 0) is 46.8 Å². The second kappa shape index (κ2) is 11.3. The number of anilines is 1. The first kappa shape index (κ1) is 25.9. The highest BCUT2D eigenvalue weighted by Gasteiger charge is 2.32. The fourth-order valence-corrected chi connectivity index (χ4v) is 4.00. The second-order valence-corrected chi connectivity index (χ2v) is 9.64. The summed E-state index contributed by atoms with van der Waals surface area (Å²) >= 11 is 0. The van der Waals surface area contributed by atoms with Crippen LogP contribution in [0.3, 0.4) is 0 Å². The van der Waals surface area contributed by atoms with Crippen LogP contribution in [-0.4, -0.2) is 76.3 Å². The van der Waals surface area contributed by atoms with Crippen molar-refractivity contribution in [1.82, 2.24) is 19.9 Å². The zero-order chi connectivity index (χ0) is 25.7. The molecule has 4 rings (SSSR count). The number of likely N-dealkylation sites (tertiary alicyclic amines) is 1. The van der Waals surface area contributed by atoms with E-state index < -0.39 is 5.79 Å². The fourth-order valence-electron chi connectivity index (χ4n) is 4.00. The average Bonchev–Trinajstić information content (AvgIpc) is 3.18. The third-order valence-corrected chi connectivity index (χ3v) is 5.77. The van der Waals surface area contributed by atoms with Gasteiger partial charge in [-0.25, -0.2) is 19.7 Å². The van der Waals surface area contributed by atoms with E-state index in [2.05, 4.69) is 20.3 Å². The van der Waals surface area contributed by atoms with E-state index in [0.717, 1.165) is 5.82 Å². The molecule has 196 valence electrons. The van der Waals surface area contributed by atoms with E-state index in [0.29, 0.717) is 62.3 Å². The third kappa shape index (κ3) is 7.17. The molecule has 2 aliphatic rings. The van der Waals surface area contributed by atoms with E-state index in [9.17, 15) is 4.79 Å². The molecule has 0 saturated carbocycles. The van der Waals surface area contributed by atoms with Gasteiger partial charge in [-0.3, -0.25) is 0 Å². The first-order valence-electron chi connectivity index (χ1n) is 12.3. The smallest absolute Gasteiger partial charge is 0.410 e. The molecule has 1 N–H and O–H groups in total. The minimum atomic E-state index is -0.549. The Kier molecular flexibility index (Phi) is 8.10. The molecular formula is C25H35N5O6. The van der Waals surface area contributed by atoms with E-state index in [-0.39, 0.29) is 24.4 Å². The Morgan fingerprint density at radius 1 is 1.22 bits per heavy atom. The number of pyridine rings is 1. The second-order valence-electron chi connectivity index (χ2n) is 9.64. The highest BCUT2D eigenvalue weighted by Crippen LogP contribution is 2.27. The Bertz CT molecular complexity index is 1040. The number of hydrogen-bond donors (Lipinski definition) is 1. The Labute approximate surface area is 211 Å². The summed E-state index contributed by atoms with van der Waals surface area (Å²) in [5, 5.41) is 3.28. The van der Waals surface area contributed by atoms with Gasteiger partial charge >= 0.3 is 6.09 Å². The predicted octanol–water partition coefficient (Wildman–Crippen LogP) is 3.92. The van der Waals surface area contributed by atoms with Crippen LogP contribution in [0.4, 0.5) is 10.6 Å². The summed E-state index contributed by atoms with van der Waals surface area (Å²) in [6, 6.07) is 5.35. The Morgan fingerprint density at radius 2 is 1.97 bits per heavy atom. The highest BCUT2D eigenvalue weighted by molar-refractivity contribution is 5.67. The lowest BCUT2D eigenvalue weighted by molar-refractivity contribution is -0.136. The van der Waals surface area contributed by atoms with Gasteiger partial charge in [0.2, 0.25) is 11.8 Å². The minimum absolute atomic E-state index is 0.0291. The molecule has 0 aliphatic carbocycles. The number of carbonyl (C=O) groups is 1. The number of aryl methyl sites for hydroxylation is 1. The molecule has 36 heavy (non-hydrogen) atoms. The van der Waals surface area contributed by atoms with Gasteiger partial charge in [0.15, 0.2) is 11.5 Å². The average molecular weight is 502 g/mol. The largest absolute Gasteiger partial charge is 0.474 e. The monoisotopic (exact) mass is 501 g/mol. The molecule has 0 radical (unpaired) electrons. The minimum Gasteiger partial charge on any atom is -0.474 e. The van der Waals surface area contributed by atoms with Crippen molar-refractivity contribution in [1.29, 1.82) is 0 Å². The van der Waals surface area contributed by atoms with Crippen LogP contribution in [0.15, 0.2) is 24.5 Å². The summed E-state index contributed by atoms with van der Waals surface area (Å²) in [4.78, 5) is 26.8. The number of ether oxygens (including phenoxy) is 5. The van der Waals surface area contributed by atoms with Crippen LogP contribution >= 0.6 is 0 Å². The first-order valence-corrected chi connectivity index (χ1v) is 12.3. The molecule has 2 aromatic heterocycles. The van der Waals surface area contributed by atoms with Crippen molar-refractivity contribution in [3.63, 3.8) is 0 Å². The Morgan fingerprint density at radius 3 is 2.64 bits per heavy atom. The van der Waals surface area contributed by atoms with E-state index in [4.69, 9.17) is 23.7 Å². The van der Waals surface area contributed by atoms with Crippen molar-refractivity contribution < 1.29 is 28.5 Å². The number of hydrogen-bond acceptors (Lipinski definition) is 10. The van der Waals surface area contributed by atoms with Crippen molar-refractivity contribution in [2.75, 3.05) is 31.6 Å². The molecule has 1 atom stereocenters. The van der Waals surface area contributed by atoms with Crippen LogP contribution in [-0.2, 0) is 14.2 Å². The Balaban J connectivity index is 1.28. The summed E-state index contributed by atoms with van der Waals surface area (Å²) < 4.78 is 28.6. The maximum absolute atomic E-state index is 12.1. The van der Waals surface area contributed by atoms with E-state index in [1.54, 1.807) is 11.0 Å². The third-order valence-electron chi connectivity index (χ3n) is 5.77. The molecule has 11 heteroatoms. The molecule has 2 fully saturated rings. The molecule has 11 nitrogen and oxygen atoms in total.